The molecule has 0 spiro atoms. The molecule has 0 aliphatic carbocycles. The van der Waals surface area contributed by atoms with E-state index in [-0.39, 0.29) is 5.69 Å². The van der Waals surface area contributed by atoms with E-state index in [9.17, 15) is 13.2 Å². The van der Waals surface area contributed by atoms with E-state index in [1.165, 1.54) is 10.9 Å². The third-order valence-corrected chi connectivity index (χ3v) is 1.96. The highest BCUT2D eigenvalue weighted by Gasteiger charge is 2.14. The van der Waals surface area contributed by atoms with E-state index in [2.05, 4.69) is 10.3 Å². The summed E-state index contributed by atoms with van der Waals surface area (Å²) in [5, 5.41) is 7.09. The summed E-state index contributed by atoms with van der Waals surface area (Å²) in [5.74, 6) is -0.805. The molecular weight excluding hydrogens is 222 g/mol. The van der Waals surface area contributed by atoms with Gasteiger partial charge in [0, 0.05) is 6.54 Å². The molecule has 1 rings (SSSR count). The second kappa shape index (κ2) is 4.36. The molecule has 0 unspecified atom stereocenters. The molecule has 9 heteroatoms. The van der Waals surface area contributed by atoms with Crippen LogP contribution in [0.4, 0.5) is 0 Å². The molecule has 3 N–H and O–H groups in total. The highest BCUT2D eigenvalue weighted by molar-refractivity contribution is 7.89. The quantitative estimate of drug-likeness (QED) is 0.616. The summed E-state index contributed by atoms with van der Waals surface area (Å²) >= 11 is 0. The Labute approximate surface area is 86.5 Å². The monoisotopic (exact) mass is 233 g/mol. The minimum atomic E-state index is -3.58. The Morgan fingerprint density at radius 2 is 2.33 bits per heavy atom. The van der Waals surface area contributed by atoms with Crippen LogP contribution in [0.15, 0.2) is 6.20 Å². The fourth-order valence-electron chi connectivity index (χ4n) is 0.865. The molecule has 0 radical (unpaired) electrons. The molecule has 0 saturated carbocycles. The zero-order valence-corrected chi connectivity index (χ0v) is 8.86. The van der Waals surface area contributed by atoms with Crippen molar-refractivity contribution in [2.75, 3.05) is 12.8 Å². The highest BCUT2D eigenvalue weighted by atomic mass is 32.2. The lowest BCUT2D eigenvalue weighted by Crippen LogP contribution is -2.29. The van der Waals surface area contributed by atoms with Gasteiger partial charge >= 0.3 is 0 Å². The van der Waals surface area contributed by atoms with Crippen LogP contribution >= 0.6 is 0 Å². The molecule has 0 atom stereocenters. The Hall–Kier alpha value is -1.48. The van der Waals surface area contributed by atoms with Crippen LogP contribution in [0.5, 0.6) is 0 Å². The molecular formula is C6H11N5O3S. The lowest BCUT2D eigenvalue weighted by molar-refractivity contribution is 0.0976. The number of carbonyl (C=O) groups is 1. The van der Waals surface area contributed by atoms with Crippen molar-refractivity contribution in [3.63, 3.8) is 0 Å². The average molecular weight is 233 g/mol. The fourth-order valence-corrected chi connectivity index (χ4v) is 1.31. The molecule has 1 heterocycles. The van der Waals surface area contributed by atoms with Crippen molar-refractivity contribution in [3.8, 4) is 0 Å². The van der Waals surface area contributed by atoms with Crippen LogP contribution in [0.1, 0.15) is 10.5 Å². The molecule has 1 amide bonds. The van der Waals surface area contributed by atoms with E-state index >= 15 is 0 Å². The van der Waals surface area contributed by atoms with Crippen LogP contribution in [0, 0.1) is 0 Å². The predicted octanol–water partition coefficient (Wildman–Crippen LogP) is -2.07. The Bertz CT molecular complexity index is 451. The van der Waals surface area contributed by atoms with Gasteiger partial charge in [-0.3, -0.25) is 9.48 Å². The van der Waals surface area contributed by atoms with Gasteiger partial charge in [-0.1, -0.05) is 5.21 Å². The van der Waals surface area contributed by atoms with Gasteiger partial charge < -0.3 is 5.73 Å². The van der Waals surface area contributed by atoms with Gasteiger partial charge in [-0.15, -0.1) is 5.10 Å². The number of sulfonamides is 1. The van der Waals surface area contributed by atoms with E-state index in [0.717, 1.165) is 6.26 Å². The first-order valence-electron chi connectivity index (χ1n) is 4.04. The summed E-state index contributed by atoms with van der Waals surface area (Å²) in [6.07, 6.45) is 2.21. The molecule has 0 bridgehead atoms. The minimum Gasteiger partial charge on any atom is -0.329 e. The minimum absolute atomic E-state index is 0.0612. The number of carbonyl (C=O) groups excluding carboxylic acids is 1. The summed E-state index contributed by atoms with van der Waals surface area (Å²) < 4.78 is 24.6. The molecule has 0 saturated heterocycles. The lowest BCUT2D eigenvalue weighted by Gasteiger charge is -1.97. The predicted molar refractivity (Wildman–Crippen MR) is 51.4 cm³/mol. The Balaban J connectivity index is 2.74. The van der Waals surface area contributed by atoms with E-state index in [1.807, 2.05) is 0 Å². The van der Waals surface area contributed by atoms with Crippen LogP contribution in [0.2, 0.25) is 0 Å². The lowest BCUT2D eigenvalue weighted by atomic mass is 10.5. The topological polar surface area (TPSA) is 120 Å². The van der Waals surface area contributed by atoms with Crippen LogP contribution in [-0.2, 0) is 16.6 Å². The van der Waals surface area contributed by atoms with Crippen molar-refractivity contribution < 1.29 is 13.2 Å². The number of nitrogens with zero attached hydrogens (tertiary/aromatic N) is 3. The molecule has 0 aliphatic heterocycles. The normalized spacial score (nSPS) is 11.3. The van der Waals surface area contributed by atoms with Crippen molar-refractivity contribution in [1.29, 1.82) is 0 Å². The molecule has 8 nitrogen and oxygen atoms in total. The number of amides is 1. The molecule has 15 heavy (non-hydrogen) atoms. The second-order valence-electron chi connectivity index (χ2n) is 2.86. The zero-order chi connectivity index (χ0) is 11.5. The molecule has 1 aromatic rings. The SMILES string of the molecule is CS(=O)(=O)NC(=O)c1cn(CCN)nn1. The van der Waals surface area contributed by atoms with Crippen LogP contribution in [0.25, 0.3) is 0 Å². The maximum absolute atomic E-state index is 11.2. The molecule has 0 fully saturated rings. The zero-order valence-electron chi connectivity index (χ0n) is 8.04. The van der Waals surface area contributed by atoms with Crippen LogP contribution < -0.4 is 10.5 Å². The van der Waals surface area contributed by atoms with Crippen molar-refractivity contribution >= 4 is 15.9 Å². The Kier molecular flexibility index (Phi) is 3.37. The Morgan fingerprint density at radius 3 is 2.87 bits per heavy atom. The van der Waals surface area contributed by atoms with Gasteiger partial charge in [0.1, 0.15) is 0 Å². The number of nitrogens with one attached hydrogen (secondary N) is 1. The molecule has 84 valence electrons. The number of rotatable bonds is 4. The van der Waals surface area contributed by atoms with Crippen LogP contribution in [0.3, 0.4) is 0 Å². The molecule has 0 aliphatic rings. The highest BCUT2D eigenvalue weighted by Crippen LogP contribution is 1.93. The maximum atomic E-state index is 11.2. The summed E-state index contributed by atoms with van der Waals surface area (Å²) in [6.45, 7) is 0.773. The van der Waals surface area contributed by atoms with E-state index in [0.29, 0.717) is 13.1 Å². The molecule has 0 aromatic carbocycles. The van der Waals surface area contributed by atoms with Crippen molar-refractivity contribution in [2.24, 2.45) is 5.73 Å². The van der Waals surface area contributed by atoms with Gasteiger partial charge in [0.15, 0.2) is 5.69 Å². The van der Waals surface area contributed by atoms with Gasteiger partial charge in [-0.2, -0.15) is 0 Å². The van der Waals surface area contributed by atoms with Gasteiger partial charge in [0.25, 0.3) is 5.91 Å². The summed E-state index contributed by atoms with van der Waals surface area (Å²) in [5.41, 5.74) is 5.20. The first kappa shape index (κ1) is 11.6. The van der Waals surface area contributed by atoms with Gasteiger partial charge in [-0.05, 0) is 0 Å². The molecule has 1 aromatic heterocycles. The smallest absolute Gasteiger partial charge is 0.286 e. The van der Waals surface area contributed by atoms with E-state index in [1.54, 1.807) is 4.72 Å². The van der Waals surface area contributed by atoms with Crippen molar-refractivity contribution in [2.45, 2.75) is 6.54 Å². The number of hydrogen-bond acceptors (Lipinski definition) is 6. The van der Waals surface area contributed by atoms with Crippen molar-refractivity contribution in [1.82, 2.24) is 19.7 Å². The maximum Gasteiger partial charge on any atom is 0.286 e. The largest absolute Gasteiger partial charge is 0.329 e. The first-order chi connectivity index (χ1) is 6.92. The van der Waals surface area contributed by atoms with E-state index in [4.69, 9.17) is 5.73 Å². The van der Waals surface area contributed by atoms with E-state index < -0.39 is 15.9 Å². The van der Waals surface area contributed by atoms with Gasteiger partial charge in [0.2, 0.25) is 10.0 Å². The Morgan fingerprint density at radius 1 is 1.67 bits per heavy atom. The summed E-state index contributed by atoms with van der Waals surface area (Å²) in [6, 6.07) is 0. The van der Waals surface area contributed by atoms with Crippen LogP contribution in [-0.4, -0.2) is 42.1 Å². The summed E-state index contributed by atoms with van der Waals surface area (Å²) in [4.78, 5) is 11.2. The third-order valence-electron chi connectivity index (χ3n) is 1.41. The number of hydrogen-bond donors (Lipinski definition) is 2. The number of aromatic nitrogens is 3. The second-order valence-corrected chi connectivity index (χ2v) is 4.61. The third kappa shape index (κ3) is 3.64. The van der Waals surface area contributed by atoms with Crippen molar-refractivity contribution in [3.05, 3.63) is 11.9 Å². The summed E-state index contributed by atoms with van der Waals surface area (Å²) in [7, 11) is -3.58. The number of nitrogens with two attached hydrogens (primary N) is 1. The average Bonchev–Trinajstić information content (AvgIpc) is 2.50. The first-order valence-corrected chi connectivity index (χ1v) is 5.94. The van der Waals surface area contributed by atoms with Gasteiger partial charge in [-0.25, -0.2) is 13.1 Å². The van der Waals surface area contributed by atoms with Gasteiger partial charge in [0.05, 0.1) is 19.0 Å². The standard InChI is InChI=1S/C6H11N5O3S/c1-15(13,14)9-6(12)5-4-11(3-2-7)10-8-5/h4H,2-3,7H2,1H3,(H,9,12). The fraction of sp³-hybridized carbons (Fsp3) is 0.500.